The van der Waals surface area contributed by atoms with Gasteiger partial charge in [0.05, 0.1) is 5.60 Å². The molecule has 0 aromatic heterocycles. The first-order chi connectivity index (χ1) is 7.24. The molecule has 0 aromatic rings. The Hall–Kier alpha value is 0.0969. The third-order valence-electron chi connectivity index (χ3n) is 3.06. The first-order valence-corrected chi connectivity index (χ1v) is 6.41. The average molecular weight is 229 g/mol. The van der Waals surface area contributed by atoms with Gasteiger partial charge in [0.15, 0.2) is 0 Å². The van der Waals surface area contributed by atoms with Gasteiger partial charge in [-0.15, -0.1) is 0 Å². The van der Waals surface area contributed by atoms with Gasteiger partial charge in [0, 0.05) is 13.1 Å². The molecule has 0 rings (SSSR count). The molecule has 3 nitrogen and oxygen atoms in total. The van der Waals surface area contributed by atoms with Gasteiger partial charge >= 0.3 is 0 Å². The zero-order valence-electron chi connectivity index (χ0n) is 10.1. The summed E-state index contributed by atoms with van der Waals surface area (Å²) in [5.41, 5.74) is 5.42. The van der Waals surface area contributed by atoms with Gasteiger partial charge in [-0.05, 0) is 38.6 Å². The smallest absolute Gasteiger partial charge is 0.247 e. The van der Waals surface area contributed by atoms with Crippen LogP contribution in [0.2, 0.25) is 0 Å². The normalized spacial score (nSPS) is 12.0. The Balaban J connectivity index is 3.54. The Morgan fingerprint density at radius 3 is 2.33 bits per heavy atom. The van der Waals surface area contributed by atoms with E-state index < -0.39 is 0 Å². The Labute approximate surface area is 97.7 Å². The first-order valence-electron chi connectivity index (χ1n) is 6.00. The lowest BCUT2D eigenvalue weighted by molar-refractivity contribution is 0.0585. The second-order valence-electron chi connectivity index (χ2n) is 3.99. The predicted molar refractivity (Wildman–Crippen MR) is 65.9 cm³/mol. The van der Waals surface area contributed by atoms with E-state index in [2.05, 4.69) is 29.7 Å². The van der Waals surface area contributed by atoms with Gasteiger partial charge in [-0.1, -0.05) is 13.8 Å². The van der Waals surface area contributed by atoms with Crippen LogP contribution in [0.1, 0.15) is 46.0 Å². The summed E-state index contributed by atoms with van der Waals surface area (Å²) in [5.74, 6) is 0. The van der Waals surface area contributed by atoms with Gasteiger partial charge in [0.2, 0.25) is 10.5 Å². The fraction of sp³-hybridized carbons (Fsp3) is 1.00. The van der Waals surface area contributed by atoms with E-state index in [0.717, 1.165) is 38.9 Å². The van der Waals surface area contributed by atoms with Crippen LogP contribution in [0.5, 0.6) is 0 Å². The van der Waals surface area contributed by atoms with Crippen molar-refractivity contribution >= 4 is 10.5 Å². The summed E-state index contributed by atoms with van der Waals surface area (Å²) in [7, 11) is 3.20. The van der Waals surface area contributed by atoms with E-state index in [1.807, 2.05) is 0 Å². The molecule has 0 aliphatic rings. The van der Waals surface area contributed by atoms with E-state index in [-0.39, 0.29) is 5.60 Å². The topological polar surface area (TPSA) is 47.3 Å². The molecular weight excluding hydrogens is 204 g/mol. The van der Waals surface area contributed by atoms with Crippen molar-refractivity contribution < 1.29 is 4.43 Å². The van der Waals surface area contributed by atoms with Crippen LogP contribution in [0.25, 0.3) is 0 Å². The highest BCUT2D eigenvalue weighted by atomic mass is 28.2. The van der Waals surface area contributed by atoms with E-state index in [9.17, 15) is 0 Å². The van der Waals surface area contributed by atoms with Crippen molar-refractivity contribution in [3.63, 3.8) is 0 Å². The van der Waals surface area contributed by atoms with Crippen LogP contribution >= 0.6 is 0 Å². The Morgan fingerprint density at radius 2 is 1.87 bits per heavy atom. The van der Waals surface area contributed by atoms with Gasteiger partial charge in [-0.25, -0.2) is 0 Å². The predicted octanol–water partition coefficient (Wildman–Crippen LogP) is 1.36. The third-order valence-corrected chi connectivity index (χ3v) is 3.50. The standard InChI is InChI=1S/C11H25N2OSi/c1-3-11(4-2,14-15)7-5-6-9-13-10-8-12/h13H,3-10,12H2,1-2H3. The maximum atomic E-state index is 5.43. The minimum atomic E-state index is 0.0325. The molecule has 0 unspecified atom stereocenters. The summed E-state index contributed by atoms with van der Waals surface area (Å²) in [6.45, 7) is 7.05. The van der Waals surface area contributed by atoms with E-state index in [1.54, 1.807) is 0 Å². The van der Waals surface area contributed by atoms with Crippen LogP contribution in [0.4, 0.5) is 0 Å². The highest BCUT2D eigenvalue weighted by Crippen LogP contribution is 2.25. The van der Waals surface area contributed by atoms with Crippen molar-refractivity contribution in [2.75, 3.05) is 19.6 Å². The second kappa shape index (κ2) is 9.33. The fourth-order valence-corrected chi connectivity index (χ4v) is 2.11. The van der Waals surface area contributed by atoms with E-state index in [4.69, 9.17) is 10.2 Å². The van der Waals surface area contributed by atoms with Crippen molar-refractivity contribution in [2.45, 2.75) is 51.6 Å². The summed E-state index contributed by atoms with van der Waals surface area (Å²) in [6, 6.07) is 0. The zero-order valence-corrected chi connectivity index (χ0v) is 11.1. The van der Waals surface area contributed by atoms with Crippen molar-refractivity contribution in [3.8, 4) is 0 Å². The molecule has 3 radical (unpaired) electrons. The SMILES string of the molecule is CCC(CC)(CCCCNCCN)O[Si]. The molecule has 89 valence electrons. The summed E-state index contributed by atoms with van der Waals surface area (Å²) < 4.78 is 5.43. The molecule has 15 heavy (non-hydrogen) atoms. The summed E-state index contributed by atoms with van der Waals surface area (Å²) in [5, 5.41) is 3.30. The molecule has 0 spiro atoms. The quantitative estimate of drug-likeness (QED) is 0.439. The molecule has 0 heterocycles. The Kier molecular flexibility index (Phi) is 9.39. The van der Waals surface area contributed by atoms with Crippen LogP contribution in [0.15, 0.2) is 0 Å². The lowest BCUT2D eigenvalue weighted by Crippen LogP contribution is -2.30. The molecule has 0 bridgehead atoms. The highest BCUT2D eigenvalue weighted by molar-refractivity contribution is 5.98. The minimum Gasteiger partial charge on any atom is -0.413 e. The number of hydrogen-bond donors (Lipinski definition) is 2. The van der Waals surface area contributed by atoms with Crippen molar-refractivity contribution in [1.82, 2.24) is 5.32 Å². The maximum absolute atomic E-state index is 5.43. The van der Waals surface area contributed by atoms with Crippen LogP contribution in [0.3, 0.4) is 0 Å². The first kappa shape index (κ1) is 15.1. The molecule has 0 aliphatic heterocycles. The van der Waals surface area contributed by atoms with Gasteiger partial charge in [-0.2, -0.15) is 0 Å². The van der Waals surface area contributed by atoms with Gasteiger partial charge < -0.3 is 15.5 Å². The van der Waals surface area contributed by atoms with Gasteiger partial charge in [0.1, 0.15) is 0 Å². The molecule has 0 fully saturated rings. The largest absolute Gasteiger partial charge is 0.413 e. The lowest BCUT2D eigenvalue weighted by atomic mass is 9.91. The molecule has 3 N–H and O–H groups in total. The zero-order chi connectivity index (χ0) is 11.6. The van der Waals surface area contributed by atoms with Crippen LogP contribution in [-0.2, 0) is 4.43 Å². The molecule has 0 amide bonds. The molecule has 4 heteroatoms. The molecule has 0 saturated carbocycles. The van der Waals surface area contributed by atoms with Crippen molar-refractivity contribution in [3.05, 3.63) is 0 Å². The summed E-state index contributed by atoms with van der Waals surface area (Å²) in [4.78, 5) is 0. The molecular formula is C11H25N2OSi. The molecule has 0 aliphatic carbocycles. The van der Waals surface area contributed by atoms with Crippen LogP contribution in [0, 0.1) is 0 Å². The third kappa shape index (κ3) is 6.30. The Bertz CT molecular complexity index is 132. The number of nitrogens with two attached hydrogens (primary N) is 1. The summed E-state index contributed by atoms with van der Waals surface area (Å²) in [6.07, 6.45) is 5.63. The van der Waals surface area contributed by atoms with E-state index in [1.165, 1.54) is 12.8 Å². The molecule has 0 saturated heterocycles. The Morgan fingerprint density at radius 1 is 1.20 bits per heavy atom. The second-order valence-corrected chi connectivity index (χ2v) is 4.19. The van der Waals surface area contributed by atoms with Crippen molar-refractivity contribution in [2.24, 2.45) is 5.73 Å². The minimum absolute atomic E-state index is 0.0325. The highest BCUT2D eigenvalue weighted by Gasteiger charge is 2.23. The van der Waals surface area contributed by atoms with E-state index >= 15 is 0 Å². The van der Waals surface area contributed by atoms with Crippen LogP contribution in [-0.4, -0.2) is 35.7 Å². The number of hydrogen-bond acceptors (Lipinski definition) is 3. The summed E-state index contributed by atoms with van der Waals surface area (Å²) >= 11 is 0. The maximum Gasteiger partial charge on any atom is 0.247 e. The molecule has 0 atom stereocenters. The van der Waals surface area contributed by atoms with Gasteiger partial charge in [0.25, 0.3) is 0 Å². The average Bonchev–Trinajstić information content (AvgIpc) is 2.29. The monoisotopic (exact) mass is 229 g/mol. The van der Waals surface area contributed by atoms with Crippen molar-refractivity contribution in [1.29, 1.82) is 0 Å². The van der Waals surface area contributed by atoms with Crippen LogP contribution < -0.4 is 11.1 Å². The lowest BCUT2D eigenvalue weighted by Gasteiger charge is -2.30. The van der Waals surface area contributed by atoms with Gasteiger partial charge in [-0.3, -0.25) is 0 Å². The number of rotatable bonds is 10. The number of unbranched alkanes of at least 4 members (excludes halogenated alkanes) is 1. The fourth-order valence-electron chi connectivity index (χ4n) is 1.72. The molecule has 0 aromatic carbocycles. The van der Waals surface area contributed by atoms with E-state index in [0.29, 0.717) is 0 Å². The number of nitrogens with one attached hydrogen (secondary N) is 1.